The van der Waals surface area contributed by atoms with Crippen LogP contribution in [-0.4, -0.2) is 17.2 Å². The second-order valence-electron chi connectivity index (χ2n) is 9.36. The molecule has 1 aromatic heterocycles. The first-order chi connectivity index (χ1) is 17.8. The van der Waals surface area contributed by atoms with Gasteiger partial charge < -0.3 is 9.84 Å². The minimum absolute atomic E-state index is 0.394. The largest absolute Gasteiger partial charge is 0.481 e. The quantitative estimate of drug-likeness (QED) is 0.251. The van der Waals surface area contributed by atoms with Gasteiger partial charge in [0.15, 0.2) is 0 Å². The van der Waals surface area contributed by atoms with Crippen molar-refractivity contribution in [3.8, 4) is 21.6 Å². The van der Waals surface area contributed by atoms with Gasteiger partial charge in [-0.2, -0.15) is 0 Å². The van der Waals surface area contributed by atoms with Crippen LogP contribution >= 0.6 is 22.9 Å². The van der Waals surface area contributed by atoms with E-state index in [9.17, 15) is 14.7 Å². The Morgan fingerprint density at radius 2 is 1.57 bits per heavy atom. The van der Waals surface area contributed by atoms with Crippen molar-refractivity contribution in [1.82, 2.24) is 0 Å². The molecule has 1 aliphatic carbocycles. The van der Waals surface area contributed by atoms with E-state index in [2.05, 4.69) is 5.32 Å². The van der Waals surface area contributed by atoms with Crippen molar-refractivity contribution in [3.63, 3.8) is 0 Å². The van der Waals surface area contributed by atoms with Crippen LogP contribution in [0.25, 0.3) is 21.6 Å². The van der Waals surface area contributed by atoms with Gasteiger partial charge in [-0.25, -0.2) is 4.79 Å². The molecule has 0 aliphatic heterocycles. The third-order valence-corrected chi connectivity index (χ3v) is 8.24. The number of nitrogens with one attached hydrogen (secondary N) is 1. The summed E-state index contributed by atoms with van der Waals surface area (Å²) in [5.41, 5.74) is 5.70. The topological polar surface area (TPSA) is 75.6 Å². The van der Waals surface area contributed by atoms with E-state index in [1.807, 2.05) is 86.6 Å². The van der Waals surface area contributed by atoms with E-state index in [0.717, 1.165) is 38.3 Å². The molecule has 37 heavy (non-hydrogen) atoms. The van der Waals surface area contributed by atoms with Gasteiger partial charge in [0.05, 0.1) is 20.3 Å². The molecule has 1 atom stereocenters. The predicted octanol–water partition coefficient (Wildman–Crippen LogP) is 8.47. The highest BCUT2D eigenvalue weighted by atomic mass is 35.5. The molecule has 0 bridgehead atoms. The normalized spacial score (nSPS) is 14.6. The number of ether oxygens (including phenoxy) is 1. The highest BCUT2D eigenvalue weighted by molar-refractivity contribution is 7.20. The number of rotatable bonds is 7. The second-order valence-corrected chi connectivity index (χ2v) is 11.0. The molecular weight excluding hydrogens is 506 g/mol. The average Bonchev–Trinajstić information content (AvgIpc) is 3.62. The minimum atomic E-state index is -0.753. The number of aliphatic carboxylic acids is 1. The zero-order valence-electron chi connectivity index (χ0n) is 20.5. The van der Waals surface area contributed by atoms with E-state index in [1.54, 1.807) is 6.07 Å². The summed E-state index contributed by atoms with van der Waals surface area (Å²) in [4.78, 5) is 25.1. The fraction of sp³-hybridized carbons (Fsp3) is 0.200. The molecule has 5 rings (SSSR count). The molecule has 2 N–H and O–H groups in total. The Morgan fingerprint density at radius 3 is 2.16 bits per heavy atom. The molecule has 4 aromatic rings. The van der Waals surface area contributed by atoms with E-state index >= 15 is 0 Å². The molecule has 1 amide bonds. The van der Waals surface area contributed by atoms with Crippen molar-refractivity contribution in [1.29, 1.82) is 0 Å². The Morgan fingerprint density at radius 1 is 0.973 bits per heavy atom. The molecule has 0 spiro atoms. The first-order valence-corrected chi connectivity index (χ1v) is 13.2. The van der Waals surface area contributed by atoms with Crippen LogP contribution in [0.1, 0.15) is 42.6 Å². The number of hydrogen-bond donors (Lipinski definition) is 2. The van der Waals surface area contributed by atoms with Crippen LogP contribution in [0, 0.1) is 6.92 Å². The number of hydrogen-bond acceptors (Lipinski definition) is 4. The summed E-state index contributed by atoms with van der Waals surface area (Å²) in [6.07, 6.45) is 0.441. The number of carboxylic acids is 1. The van der Waals surface area contributed by atoms with Gasteiger partial charge in [0.25, 0.3) is 0 Å². The third-order valence-electron chi connectivity index (χ3n) is 6.93. The Bertz CT molecular complexity index is 1460. The van der Waals surface area contributed by atoms with Gasteiger partial charge in [-0.1, -0.05) is 84.4 Å². The third kappa shape index (κ3) is 5.13. The Hall–Kier alpha value is -3.61. The monoisotopic (exact) mass is 531 g/mol. The van der Waals surface area contributed by atoms with Crippen molar-refractivity contribution in [2.75, 3.05) is 5.32 Å². The summed E-state index contributed by atoms with van der Waals surface area (Å²) < 4.78 is 6.19. The number of carbonyl (C=O) groups is 2. The average molecular weight is 532 g/mol. The molecule has 1 heterocycles. The van der Waals surface area contributed by atoms with Gasteiger partial charge in [-0.3, -0.25) is 10.1 Å². The molecule has 0 saturated heterocycles. The maximum Gasteiger partial charge on any atom is 0.412 e. The maximum absolute atomic E-state index is 12.7. The van der Waals surface area contributed by atoms with Crippen LogP contribution in [-0.2, 0) is 14.9 Å². The van der Waals surface area contributed by atoms with Gasteiger partial charge in [0, 0.05) is 0 Å². The van der Waals surface area contributed by atoms with E-state index in [4.69, 9.17) is 16.3 Å². The van der Waals surface area contributed by atoms with Crippen LogP contribution in [0.5, 0.6) is 0 Å². The summed E-state index contributed by atoms with van der Waals surface area (Å²) in [5.74, 6) is -0.753. The van der Waals surface area contributed by atoms with Crippen molar-refractivity contribution < 1.29 is 19.4 Å². The molecule has 7 heteroatoms. The van der Waals surface area contributed by atoms with Crippen LogP contribution in [0.2, 0.25) is 4.34 Å². The highest BCUT2D eigenvalue weighted by Crippen LogP contribution is 2.48. The van der Waals surface area contributed by atoms with Crippen LogP contribution in [0.3, 0.4) is 0 Å². The summed E-state index contributed by atoms with van der Waals surface area (Å²) in [7, 11) is 0. The highest BCUT2D eigenvalue weighted by Gasteiger charge is 2.51. The van der Waals surface area contributed by atoms with Crippen molar-refractivity contribution in [2.24, 2.45) is 0 Å². The van der Waals surface area contributed by atoms with Gasteiger partial charge in [-0.05, 0) is 66.1 Å². The Kier molecular flexibility index (Phi) is 6.80. The lowest BCUT2D eigenvalue weighted by atomic mass is 9.93. The summed E-state index contributed by atoms with van der Waals surface area (Å²) in [6.45, 7) is 3.84. The van der Waals surface area contributed by atoms with Crippen molar-refractivity contribution in [3.05, 3.63) is 99.9 Å². The van der Waals surface area contributed by atoms with Gasteiger partial charge in [0.2, 0.25) is 0 Å². The molecule has 1 saturated carbocycles. The van der Waals surface area contributed by atoms with Crippen LogP contribution in [0.4, 0.5) is 10.5 Å². The van der Waals surface area contributed by atoms with E-state index < -0.39 is 23.6 Å². The predicted molar refractivity (Wildman–Crippen MR) is 148 cm³/mol. The van der Waals surface area contributed by atoms with Gasteiger partial charge in [-0.15, -0.1) is 11.3 Å². The molecule has 0 radical (unpaired) electrons. The van der Waals surface area contributed by atoms with Crippen LogP contribution < -0.4 is 5.32 Å². The Balaban J connectivity index is 1.30. The standard InChI is InChI=1S/C30H26ClNO4S/c1-18-5-3-4-6-24(18)19(2)36-29(35)32-25-17-26(31)37-27(25)22-9-7-20(8-10-22)21-11-13-23(14-12-21)30(15-16-30)28(33)34/h3-14,17,19H,15-16H2,1-2H3,(H,32,35)(H,33,34). The smallest absolute Gasteiger partial charge is 0.412 e. The van der Waals surface area contributed by atoms with Gasteiger partial charge in [0.1, 0.15) is 6.10 Å². The maximum atomic E-state index is 12.7. The molecule has 1 unspecified atom stereocenters. The van der Waals surface area contributed by atoms with Crippen LogP contribution in [0.15, 0.2) is 78.9 Å². The van der Waals surface area contributed by atoms with E-state index in [0.29, 0.717) is 22.9 Å². The molecule has 1 fully saturated rings. The molecule has 5 nitrogen and oxygen atoms in total. The SMILES string of the molecule is Cc1ccccc1C(C)OC(=O)Nc1cc(Cl)sc1-c1ccc(-c2ccc(C3(C(=O)O)CC3)cc2)cc1. The number of amides is 1. The number of halogens is 1. The molecule has 188 valence electrons. The fourth-order valence-electron chi connectivity index (χ4n) is 4.62. The number of benzene rings is 3. The lowest BCUT2D eigenvalue weighted by Crippen LogP contribution is -2.19. The van der Waals surface area contributed by atoms with E-state index in [1.165, 1.54) is 11.3 Å². The van der Waals surface area contributed by atoms with E-state index in [-0.39, 0.29) is 0 Å². The fourth-order valence-corrected chi connectivity index (χ4v) is 5.81. The minimum Gasteiger partial charge on any atom is -0.481 e. The molecule has 1 aliphatic rings. The number of carboxylic acid groups (broad SMARTS) is 1. The zero-order valence-corrected chi connectivity index (χ0v) is 22.0. The Labute approximate surface area is 224 Å². The summed E-state index contributed by atoms with van der Waals surface area (Å²) in [5, 5.41) is 12.4. The molecule has 3 aromatic carbocycles. The van der Waals surface area contributed by atoms with Gasteiger partial charge >= 0.3 is 12.1 Å². The zero-order chi connectivity index (χ0) is 26.2. The first-order valence-electron chi connectivity index (χ1n) is 12.0. The lowest BCUT2D eigenvalue weighted by Gasteiger charge is -2.16. The summed E-state index contributed by atoms with van der Waals surface area (Å²) >= 11 is 7.69. The number of anilines is 1. The number of thiophene rings is 1. The summed E-state index contributed by atoms with van der Waals surface area (Å²) in [6, 6.07) is 25.3. The van der Waals surface area contributed by atoms with Crippen molar-refractivity contribution in [2.45, 2.75) is 38.2 Å². The first kappa shape index (κ1) is 25.1. The number of aryl methyl sites for hydroxylation is 1. The van der Waals surface area contributed by atoms with Crippen molar-refractivity contribution >= 4 is 40.7 Å². The number of carbonyl (C=O) groups excluding carboxylic acids is 1. The molecular formula is C30H26ClNO4S. The lowest BCUT2D eigenvalue weighted by molar-refractivity contribution is -0.140. The second kappa shape index (κ2) is 10.0.